The first kappa shape index (κ1) is 18.2. The number of nitrogens with zero attached hydrogens (tertiary/aromatic N) is 2. The Morgan fingerprint density at radius 2 is 1.57 bits per heavy atom. The predicted octanol–water partition coefficient (Wildman–Crippen LogP) is 3.72. The molecule has 1 aliphatic heterocycles. The van der Waals surface area contributed by atoms with Crippen molar-refractivity contribution in [1.29, 1.82) is 0 Å². The Kier molecular flexibility index (Phi) is 5.32. The van der Waals surface area contributed by atoms with Crippen LogP contribution in [0.4, 0.5) is 11.4 Å². The molecule has 6 heteroatoms. The number of nitrogens with one attached hydrogen (secondary N) is 2. The van der Waals surface area contributed by atoms with Crippen molar-refractivity contribution in [3.05, 3.63) is 96.1 Å². The average molecular weight is 388 g/mol. The predicted molar refractivity (Wildman–Crippen MR) is 117 cm³/mol. The highest BCUT2D eigenvalue weighted by atomic mass is 32.1. The number of hydrazone groups is 1. The highest BCUT2D eigenvalue weighted by molar-refractivity contribution is 7.80. The molecule has 0 aromatic heterocycles. The Balaban J connectivity index is 1.54. The van der Waals surface area contributed by atoms with Crippen LogP contribution in [0.1, 0.15) is 11.1 Å². The van der Waals surface area contributed by atoms with Crippen molar-refractivity contribution in [2.75, 3.05) is 10.2 Å². The Morgan fingerprint density at radius 3 is 2.32 bits per heavy atom. The Labute approximate surface area is 169 Å². The summed E-state index contributed by atoms with van der Waals surface area (Å²) in [5.41, 5.74) is 7.22. The molecule has 0 radical (unpaired) electrons. The van der Waals surface area contributed by atoms with Gasteiger partial charge in [0, 0.05) is 23.5 Å². The average Bonchev–Trinajstić information content (AvgIpc) is 2.99. The summed E-state index contributed by atoms with van der Waals surface area (Å²) in [4.78, 5) is 1.93. The van der Waals surface area contributed by atoms with Crippen molar-refractivity contribution in [2.24, 2.45) is 5.10 Å². The zero-order chi connectivity index (χ0) is 19.3. The van der Waals surface area contributed by atoms with E-state index in [4.69, 9.17) is 12.2 Å². The maximum absolute atomic E-state index is 10.9. The van der Waals surface area contributed by atoms with E-state index < -0.39 is 6.23 Å². The molecule has 0 saturated heterocycles. The number of hydrogen-bond acceptors (Lipinski definition) is 4. The summed E-state index contributed by atoms with van der Waals surface area (Å²) in [5.74, 6) is 0. The fourth-order valence-corrected chi connectivity index (χ4v) is 3.38. The highest BCUT2D eigenvalue weighted by Crippen LogP contribution is 2.32. The number of rotatable bonds is 4. The molecule has 1 atom stereocenters. The number of fused-ring (bicyclic) bond motifs is 1. The molecule has 4 rings (SSSR count). The number of hydrogen-bond donors (Lipinski definition) is 3. The number of anilines is 2. The van der Waals surface area contributed by atoms with E-state index in [1.165, 1.54) is 0 Å². The lowest BCUT2D eigenvalue weighted by molar-refractivity contribution is 0.237. The van der Waals surface area contributed by atoms with E-state index in [0.29, 0.717) is 17.4 Å². The summed E-state index contributed by atoms with van der Waals surface area (Å²) in [5, 5.41) is 18.8. The van der Waals surface area contributed by atoms with E-state index in [1.54, 1.807) is 0 Å². The molecule has 3 aromatic carbocycles. The molecule has 0 aliphatic carbocycles. The lowest BCUT2D eigenvalue weighted by Crippen LogP contribution is -2.36. The van der Waals surface area contributed by atoms with E-state index in [2.05, 4.69) is 15.8 Å². The largest absolute Gasteiger partial charge is 0.368 e. The number of thiocarbonyl (C=S) groups is 1. The van der Waals surface area contributed by atoms with Gasteiger partial charge in [-0.3, -0.25) is 5.43 Å². The molecule has 0 amide bonds. The normalized spacial score (nSPS) is 16.7. The lowest BCUT2D eigenvalue weighted by Gasteiger charge is -2.23. The zero-order valence-corrected chi connectivity index (χ0v) is 15.9. The van der Waals surface area contributed by atoms with Crippen LogP contribution in [0.5, 0.6) is 0 Å². The molecule has 1 aliphatic rings. The first-order valence-electron chi connectivity index (χ1n) is 9.00. The molecule has 3 aromatic rings. The van der Waals surface area contributed by atoms with Crippen LogP contribution in [0.2, 0.25) is 0 Å². The number of aliphatic hydroxyl groups excluding tert-OH is 1. The van der Waals surface area contributed by atoms with Gasteiger partial charge in [-0.1, -0.05) is 66.7 Å². The first-order chi connectivity index (χ1) is 13.7. The standard InChI is InChI=1S/C22H20N4OS/c27-21-20(24-25-22(28)23-17-11-5-2-6-12-17)18-13-7-8-14-19(18)26(21)15-16-9-3-1-4-10-16/h1-14,21,27H,15H2,(H2,23,25,28)/b24-20-. The van der Waals surface area contributed by atoms with Crippen molar-refractivity contribution in [2.45, 2.75) is 12.8 Å². The summed E-state index contributed by atoms with van der Waals surface area (Å²) >= 11 is 5.32. The van der Waals surface area contributed by atoms with Gasteiger partial charge in [-0.05, 0) is 36.0 Å². The summed E-state index contributed by atoms with van der Waals surface area (Å²) in [7, 11) is 0. The molecular formula is C22H20N4OS. The third-order valence-electron chi connectivity index (χ3n) is 4.53. The topological polar surface area (TPSA) is 59.9 Å². The molecule has 1 heterocycles. The molecule has 28 heavy (non-hydrogen) atoms. The maximum Gasteiger partial charge on any atom is 0.191 e. The van der Waals surface area contributed by atoms with E-state index in [1.807, 2.05) is 89.8 Å². The fraction of sp³-hybridized carbons (Fsp3) is 0.0909. The summed E-state index contributed by atoms with van der Waals surface area (Å²) in [6, 6.07) is 27.5. The quantitative estimate of drug-likeness (QED) is 0.470. The van der Waals surface area contributed by atoms with Gasteiger partial charge in [-0.15, -0.1) is 0 Å². The van der Waals surface area contributed by atoms with Crippen LogP contribution in [-0.4, -0.2) is 22.2 Å². The molecule has 0 fully saturated rings. The minimum Gasteiger partial charge on any atom is -0.368 e. The molecule has 3 N–H and O–H groups in total. The Bertz CT molecular complexity index is 992. The second kappa shape index (κ2) is 8.21. The monoisotopic (exact) mass is 388 g/mol. The molecule has 0 spiro atoms. The molecule has 0 saturated carbocycles. The van der Waals surface area contributed by atoms with Gasteiger partial charge in [0.2, 0.25) is 0 Å². The maximum atomic E-state index is 10.9. The first-order valence-corrected chi connectivity index (χ1v) is 9.41. The minimum atomic E-state index is -0.857. The SMILES string of the molecule is OC1/C(=N\NC(=S)Nc2ccccc2)c2ccccc2N1Cc1ccccc1. The van der Waals surface area contributed by atoms with Gasteiger partial charge < -0.3 is 15.3 Å². The Hall–Kier alpha value is -3.22. The van der Waals surface area contributed by atoms with E-state index in [9.17, 15) is 5.11 Å². The second-order valence-corrected chi connectivity index (χ2v) is 6.84. The van der Waals surface area contributed by atoms with Gasteiger partial charge in [0.1, 0.15) is 5.71 Å². The van der Waals surface area contributed by atoms with E-state index in [-0.39, 0.29) is 0 Å². The van der Waals surface area contributed by atoms with Gasteiger partial charge in [0.05, 0.1) is 0 Å². The molecule has 0 bridgehead atoms. The van der Waals surface area contributed by atoms with Gasteiger partial charge in [0.25, 0.3) is 0 Å². The second-order valence-electron chi connectivity index (χ2n) is 6.43. The lowest BCUT2D eigenvalue weighted by atomic mass is 10.1. The smallest absolute Gasteiger partial charge is 0.191 e. The van der Waals surface area contributed by atoms with Crippen molar-refractivity contribution < 1.29 is 5.11 Å². The zero-order valence-electron chi connectivity index (χ0n) is 15.1. The number of para-hydroxylation sites is 2. The molecule has 5 nitrogen and oxygen atoms in total. The third kappa shape index (κ3) is 3.88. The van der Waals surface area contributed by atoms with Crippen LogP contribution < -0.4 is 15.6 Å². The summed E-state index contributed by atoms with van der Waals surface area (Å²) in [6.07, 6.45) is -0.857. The van der Waals surface area contributed by atoms with Crippen molar-refractivity contribution >= 4 is 34.4 Å². The van der Waals surface area contributed by atoms with Crippen LogP contribution in [0.25, 0.3) is 0 Å². The highest BCUT2D eigenvalue weighted by Gasteiger charge is 2.33. The molecule has 1 unspecified atom stereocenters. The van der Waals surface area contributed by atoms with Crippen LogP contribution in [0.3, 0.4) is 0 Å². The van der Waals surface area contributed by atoms with Gasteiger partial charge in [0.15, 0.2) is 11.3 Å². The summed E-state index contributed by atoms with van der Waals surface area (Å²) in [6.45, 7) is 0.588. The van der Waals surface area contributed by atoms with E-state index >= 15 is 0 Å². The fourth-order valence-electron chi connectivity index (χ4n) is 3.22. The van der Waals surface area contributed by atoms with Gasteiger partial charge >= 0.3 is 0 Å². The van der Waals surface area contributed by atoms with Gasteiger partial charge in [-0.2, -0.15) is 5.10 Å². The van der Waals surface area contributed by atoms with E-state index in [0.717, 1.165) is 22.5 Å². The van der Waals surface area contributed by atoms with Crippen molar-refractivity contribution in [1.82, 2.24) is 5.43 Å². The summed E-state index contributed by atoms with van der Waals surface area (Å²) < 4.78 is 0. The minimum absolute atomic E-state index is 0.366. The van der Waals surface area contributed by atoms with Gasteiger partial charge in [-0.25, -0.2) is 0 Å². The number of aliphatic hydroxyl groups is 1. The van der Waals surface area contributed by atoms with Crippen LogP contribution in [-0.2, 0) is 6.54 Å². The van der Waals surface area contributed by atoms with Crippen molar-refractivity contribution in [3.8, 4) is 0 Å². The third-order valence-corrected chi connectivity index (χ3v) is 4.73. The van der Waals surface area contributed by atoms with Crippen LogP contribution in [0.15, 0.2) is 90.0 Å². The molecular weight excluding hydrogens is 368 g/mol. The number of benzene rings is 3. The Morgan fingerprint density at radius 1 is 0.929 bits per heavy atom. The molecule has 140 valence electrons. The van der Waals surface area contributed by atoms with Crippen molar-refractivity contribution in [3.63, 3.8) is 0 Å². The van der Waals surface area contributed by atoms with Crippen LogP contribution in [0, 0.1) is 0 Å². The van der Waals surface area contributed by atoms with Crippen LogP contribution >= 0.6 is 12.2 Å².